The Kier molecular flexibility index (Phi) is 3.27. The van der Waals surface area contributed by atoms with Gasteiger partial charge in [0.1, 0.15) is 0 Å². The van der Waals surface area contributed by atoms with Gasteiger partial charge in [0, 0.05) is 6.54 Å². The van der Waals surface area contributed by atoms with E-state index in [-0.39, 0.29) is 5.96 Å². The molecule has 0 heterocycles. The standard InChI is InChI=1S/C11H16N4/c1-9(12)15-11(13)14-8-7-10-5-3-2-4-6-10/h2-6H,7-8H2,1H3,(H4,12,13,14,15)/i2D,5D. The van der Waals surface area contributed by atoms with Crippen LogP contribution in [0, 0.1) is 0 Å². The highest BCUT2D eigenvalue weighted by atomic mass is 15.1. The second-order valence-corrected chi connectivity index (χ2v) is 3.06. The Balaban J connectivity index is 2.59. The number of guanidine groups is 1. The van der Waals surface area contributed by atoms with Crippen molar-refractivity contribution in [2.75, 3.05) is 6.54 Å². The van der Waals surface area contributed by atoms with E-state index < -0.39 is 0 Å². The van der Waals surface area contributed by atoms with E-state index in [4.69, 9.17) is 14.2 Å². The molecule has 0 amide bonds. The number of hydrogen-bond donors (Lipinski definition) is 2. The van der Waals surface area contributed by atoms with Crippen molar-refractivity contribution >= 4 is 11.8 Å². The minimum absolute atomic E-state index is 0.147. The van der Waals surface area contributed by atoms with Gasteiger partial charge in [0.15, 0.2) is 0 Å². The molecule has 0 aromatic heterocycles. The maximum absolute atomic E-state index is 7.66. The molecule has 4 N–H and O–H groups in total. The zero-order chi connectivity index (χ0) is 12.8. The topological polar surface area (TPSA) is 76.8 Å². The molecule has 4 nitrogen and oxygen atoms in total. The Labute approximate surface area is 92.5 Å². The quantitative estimate of drug-likeness (QED) is 0.570. The van der Waals surface area contributed by atoms with Gasteiger partial charge in [-0.2, -0.15) is 0 Å². The molecule has 1 aromatic carbocycles. The van der Waals surface area contributed by atoms with E-state index in [2.05, 4.69) is 9.98 Å². The Morgan fingerprint density at radius 2 is 2.27 bits per heavy atom. The van der Waals surface area contributed by atoms with Crippen molar-refractivity contribution in [3.05, 3.63) is 35.8 Å². The minimum atomic E-state index is 0.147. The van der Waals surface area contributed by atoms with Crippen molar-refractivity contribution in [2.24, 2.45) is 21.5 Å². The summed E-state index contributed by atoms with van der Waals surface area (Å²) in [7, 11) is 0. The number of benzene rings is 1. The molecule has 0 aliphatic rings. The molecule has 1 aromatic rings. The first-order chi connectivity index (χ1) is 7.99. The summed E-state index contributed by atoms with van der Waals surface area (Å²) in [5, 5.41) is 0. The fourth-order valence-electron chi connectivity index (χ4n) is 1.04. The van der Waals surface area contributed by atoms with E-state index in [1.165, 1.54) is 6.07 Å². The molecule has 0 atom stereocenters. The second-order valence-electron chi connectivity index (χ2n) is 3.06. The van der Waals surface area contributed by atoms with Crippen molar-refractivity contribution in [3.8, 4) is 0 Å². The van der Waals surface area contributed by atoms with Gasteiger partial charge < -0.3 is 11.5 Å². The van der Waals surface area contributed by atoms with Crippen molar-refractivity contribution in [1.82, 2.24) is 0 Å². The highest BCUT2D eigenvalue weighted by Crippen LogP contribution is 1.99. The van der Waals surface area contributed by atoms with Crippen LogP contribution >= 0.6 is 0 Å². The van der Waals surface area contributed by atoms with Gasteiger partial charge in [-0.3, -0.25) is 4.99 Å². The first-order valence-electron chi connectivity index (χ1n) is 5.66. The lowest BCUT2D eigenvalue weighted by Crippen LogP contribution is -2.16. The first-order valence-corrected chi connectivity index (χ1v) is 4.66. The van der Waals surface area contributed by atoms with Crippen molar-refractivity contribution < 1.29 is 2.74 Å². The summed E-state index contributed by atoms with van der Waals surface area (Å²) in [4.78, 5) is 7.81. The van der Waals surface area contributed by atoms with Crippen LogP contribution in [0.25, 0.3) is 0 Å². The van der Waals surface area contributed by atoms with Gasteiger partial charge in [-0.15, -0.1) is 0 Å². The molecule has 0 unspecified atom stereocenters. The summed E-state index contributed by atoms with van der Waals surface area (Å²) in [6.45, 7) is 2.09. The number of nitrogens with zero attached hydrogens (tertiary/aromatic N) is 2. The average molecular weight is 206 g/mol. The van der Waals surface area contributed by atoms with Gasteiger partial charge in [0.2, 0.25) is 5.96 Å². The third-order valence-corrected chi connectivity index (χ3v) is 1.67. The number of rotatable bonds is 3. The summed E-state index contributed by atoms with van der Waals surface area (Å²) in [6, 6.07) is 5.61. The van der Waals surface area contributed by atoms with Crippen LogP contribution in [0.1, 0.15) is 15.2 Å². The van der Waals surface area contributed by atoms with Crippen LogP contribution < -0.4 is 11.5 Å². The first kappa shape index (κ1) is 8.47. The van der Waals surface area contributed by atoms with Crippen LogP contribution in [-0.2, 0) is 6.42 Å². The third-order valence-electron chi connectivity index (χ3n) is 1.67. The molecule has 15 heavy (non-hydrogen) atoms. The number of amidine groups is 1. The Morgan fingerprint density at radius 1 is 1.47 bits per heavy atom. The lowest BCUT2D eigenvalue weighted by atomic mass is 10.2. The van der Waals surface area contributed by atoms with Gasteiger partial charge in [0.25, 0.3) is 0 Å². The predicted octanol–water partition coefficient (Wildman–Crippen LogP) is 0.921. The number of aliphatic imine (C=N–C) groups is 2. The minimum Gasteiger partial charge on any atom is -0.387 e. The van der Waals surface area contributed by atoms with Gasteiger partial charge >= 0.3 is 0 Å². The summed E-state index contributed by atoms with van der Waals surface area (Å²) < 4.78 is 15.0. The zero-order valence-corrected chi connectivity index (χ0v) is 8.70. The second kappa shape index (κ2) is 5.80. The van der Waals surface area contributed by atoms with Gasteiger partial charge in [0.05, 0.1) is 8.58 Å². The smallest absolute Gasteiger partial charge is 0.216 e. The summed E-state index contributed by atoms with van der Waals surface area (Å²) in [5.41, 5.74) is 11.7. The molecule has 0 aliphatic carbocycles. The molecule has 0 saturated heterocycles. The third kappa shape index (κ3) is 4.81. The van der Waals surface area contributed by atoms with Crippen LogP contribution in [0.3, 0.4) is 0 Å². The fraction of sp³-hybridized carbons (Fsp3) is 0.273. The molecular formula is C11H16N4. The number of nitrogens with two attached hydrogens (primary N) is 2. The molecule has 0 aliphatic heterocycles. The molecular weight excluding hydrogens is 188 g/mol. The van der Waals surface area contributed by atoms with Crippen molar-refractivity contribution in [3.63, 3.8) is 0 Å². The maximum atomic E-state index is 7.66. The Hall–Kier alpha value is -1.84. The molecule has 4 heteroatoms. The van der Waals surface area contributed by atoms with Crippen LogP contribution in [0.15, 0.2) is 40.3 Å². The van der Waals surface area contributed by atoms with Crippen LogP contribution in [-0.4, -0.2) is 18.3 Å². The van der Waals surface area contributed by atoms with Gasteiger partial charge in [-0.25, -0.2) is 4.99 Å². The van der Waals surface area contributed by atoms with E-state index in [1.54, 1.807) is 19.1 Å². The molecule has 0 bridgehead atoms. The highest BCUT2D eigenvalue weighted by Gasteiger charge is 1.91. The van der Waals surface area contributed by atoms with E-state index in [0.29, 0.717) is 30.9 Å². The van der Waals surface area contributed by atoms with Crippen molar-refractivity contribution in [2.45, 2.75) is 13.3 Å². The Morgan fingerprint density at radius 3 is 2.93 bits per heavy atom. The van der Waals surface area contributed by atoms with Gasteiger partial charge in [-0.1, -0.05) is 30.3 Å². The lowest BCUT2D eigenvalue weighted by molar-refractivity contribution is 0.962. The molecule has 1 rings (SSSR count). The fourth-order valence-corrected chi connectivity index (χ4v) is 1.04. The van der Waals surface area contributed by atoms with E-state index >= 15 is 0 Å². The normalized spacial score (nSPS) is 14.7. The van der Waals surface area contributed by atoms with Crippen molar-refractivity contribution in [1.29, 1.82) is 0 Å². The average Bonchev–Trinajstić information content (AvgIpc) is 2.20. The summed E-state index contributed by atoms with van der Waals surface area (Å²) >= 11 is 0. The molecule has 0 saturated carbocycles. The predicted molar refractivity (Wildman–Crippen MR) is 63.9 cm³/mol. The largest absolute Gasteiger partial charge is 0.387 e. The summed E-state index contributed by atoms with van der Waals surface area (Å²) in [6.07, 6.45) is 0.596. The Bertz CT molecular complexity index is 451. The van der Waals surface area contributed by atoms with Crippen LogP contribution in [0.2, 0.25) is 0 Å². The van der Waals surface area contributed by atoms with E-state index in [0.717, 1.165) is 5.56 Å². The SMILES string of the molecule is [2H]c1ccc(CCN=C(N)N=C(C)N)c([2H])c1. The van der Waals surface area contributed by atoms with E-state index in [9.17, 15) is 0 Å². The summed E-state index contributed by atoms with van der Waals surface area (Å²) in [5.74, 6) is 0.514. The maximum Gasteiger partial charge on any atom is 0.216 e. The number of hydrogen-bond acceptors (Lipinski definition) is 1. The highest BCUT2D eigenvalue weighted by molar-refractivity contribution is 5.93. The van der Waals surface area contributed by atoms with Crippen LogP contribution in [0.4, 0.5) is 0 Å². The lowest BCUT2D eigenvalue weighted by Gasteiger charge is -1.97. The molecule has 0 spiro atoms. The molecule has 0 radical (unpaired) electrons. The zero-order valence-electron chi connectivity index (χ0n) is 10.7. The molecule has 0 fully saturated rings. The molecule has 80 valence electrons. The van der Waals surface area contributed by atoms with Crippen LogP contribution in [0.5, 0.6) is 0 Å². The van der Waals surface area contributed by atoms with E-state index in [1.807, 2.05) is 0 Å². The van der Waals surface area contributed by atoms with Gasteiger partial charge in [-0.05, 0) is 18.9 Å². The monoisotopic (exact) mass is 206 g/mol.